The molecular weight excluding hydrogens is 220 g/mol. The number of halogens is 2. The van der Waals surface area contributed by atoms with Crippen LogP contribution in [-0.2, 0) is 0 Å². The van der Waals surface area contributed by atoms with Gasteiger partial charge in [0, 0.05) is 0 Å². The molecule has 0 saturated carbocycles. The molecule has 0 aliphatic rings. The van der Waals surface area contributed by atoms with Gasteiger partial charge in [-0.2, -0.15) is 0 Å². The van der Waals surface area contributed by atoms with Crippen LogP contribution in [0.1, 0.15) is 6.92 Å². The summed E-state index contributed by atoms with van der Waals surface area (Å²) in [6.07, 6.45) is 3.65. The Balaban J connectivity index is 3.56. The molecule has 0 heterocycles. The smallest absolute Gasteiger partial charge is 0.0860 e. The standard InChI is InChI=1S/C5H7Br2/c1-3-4-5(2,6)7/h3-4H,1H2,2H3/b4-3+. The van der Waals surface area contributed by atoms with Gasteiger partial charge in [0.2, 0.25) is 0 Å². The number of hydrogen-bond donors (Lipinski definition) is 0. The van der Waals surface area contributed by atoms with E-state index >= 15 is 0 Å². The number of allylic oxidation sites excluding steroid dienone is 2. The molecule has 0 rings (SSSR count). The van der Waals surface area contributed by atoms with Gasteiger partial charge in [0.15, 0.2) is 0 Å². The maximum Gasteiger partial charge on any atom is 0.0956 e. The van der Waals surface area contributed by atoms with E-state index in [2.05, 4.69) is 38.8 Å². The van der Waals surface area contributed by atoms with Gasteiger partial charge < -0.3 is 0 Å². The van der Waals surface area contributed by atoms with E-state index in [1.165, 1.54) is 0 Å². The Morgan fingerprint density at radius 3 is 2.00 bits per heavy atom. The Bertz CT molecular complexity index is 68.6. The highest BCUT2D eigenvalue weighted by molar-refractivity contribution is 9.25. The highest BCUT2D eigenvalue weighted by Gasteiger charge is 2.06. The molecule has 0 unspecified atom stereocenters. The Morgan fingerprint density at radius 2 is 2.00 bits per heavy atom. The van der Waals surface area contributed by atoms with Crippen molar-refractivity contribution in [3.8, 4) is 0 Å². The first-order valence-electron chi connectivity index (χ1n) is 1.91. The minimum atomic E-state index is -0.0677. The van der Waals surface area contributed by atoms with Gasteiger partial charge in [-0.15, -0.1) is 0 Å². The molecule has 0 atom stereocenters. The molecule has 0 aromatic heterocycles. The first-order chi connectivity index (χ1) is 3.06. The van der Waals surface area contributed by atoms with Crippen molar-refractivity contribution in [2.75, 3.05) is 0 Å². The molecule has 0 aromatic rings. The molecule has 0 aliphatic carbocycles. The van der Waals surface area contributed by atoms with Gasteiger partial charge in [-0.1, -0.05) is 44.0 Å². The van der Waals surface area contributed by atoms with Crippen LogP contribution in [0.4, 0.5) is 0 Å². The summed E-state index contributed by atoms with van der Waals surface area (Å²) in [5.41, 5.74) is 0. The molecule has 0 N–H and O–H groups in total. The van der Waals surface area contributed by atoms with Gasteiger partial charge in [0.05, 0.1) is 3.23 Å². The molecule has 2 heteroatoms. The summed E-state index contributed by atoms with van der Waals surface area (Å²) < 4.78 is -0.0677. The second kappa shape index (κ2) is 2.88. The maximum absolute atomic E-state index is 3.53. The Kier molecular flexibility index (Phi) is 3.16. The SMILES string of the molecule is [CH2]/C=C/C(C)(Br)Br. The summed E-state index contributed by atoms with van der Waals surface area (Å²) >= 11 is 6.66. The predicted molar refractivity (Wildman–Crippen MR) is 40.8 cm³/mol. The Hall–Kier alpha value is 0.700. The third-order valence-corrected chi connectivity index (χ3v) is 0.939. The van der Waals surface area contributed by atoms with Crippen molar-refractivity contribution in [1.82, 2.24) is 0 Å². The lowest BCUT2D eigenvalue weighted by atomic mass is 10.4. The van der Waals surface area contributed by atoms with Gasteiger partial charge in [-0.3, -0.25) is 0 Å². The lowest BCUT2D eigenvalue weighted by Gasteiger charge is -2.03. The van der Waals surface area contributed by atoms with E-state index in [9.17, 15) is 0 Å². The minimum absolute atomic E-state index is 0.0677. The van der Waals surface area contributed by atoms with Gasteiger partial charge in [0.25, 0.3) is 0 Å². The summed E-state index contributed by atoms with van der Waals surface area (Å²) in [5.74, 6) is 0. The summed E-state index contributed by atoms with van der Waals surface area (Å²) in [7, 11) is 0. The lowest BCUT2D eigenvalue weighted by Crippen LogP contribution is -1.95. The van der Waals surface area contributed by atoms with E-state index in [-0.39, 0.29) is 3.23 Å². The molecule has 0 amide bonds. The van der Waals surface area contributed by atoms with Crippen molar-refractivity contribution in [2.24, 2.45) is 0 Å². The fourth-order valence-electron chi connectivity index (χ4n) is 0.207. The zero-order chi connectivity index (χ0) is 5.91. The molecule has 0 fully saturated rings. The Labute approximate surface area is 61.2 Å². The van der Waals surface area contributed by atoms with Gasteiger partial charge in [0.1, 0.15) is 0 Å². The van der Waals surface area contributed by atoms with Crippen LogP contribution in [0.3, 0.4) is 0 Å². The van der Waals surface area contributed by atoms with Crippen molar-refractivity contribution < 1.29 is 0 Å². The van der Waals surface area contributed by atoms with Crippen LogP contribution in [0.5, 0.6) is 0 Å². The maximum atomic E-state index is 3.53. The van der Waals surface area contributed by atoms with E-state index in [4.69, 9.17) is 0 Å². The third-order valence-electron chi connectivity index (χ3n) is 0.411. The number of hydrogen-bond acceptors (Lipinski definition) is 0. The van der Waals surface area contributed by atoms with E-state index in [0.29, 0.717) is 0 Å². The zero-order valence-electron chi connectivity index (χ0n) is 4.12. The van der Waals surface area contributed by atoms with Crippen LogP contribution in [0, 0.1) is 6.92 Å². The van der Waals surface area contributed by atoms with E-state index in [0.717, 1.165) is 0 Å². The molecular formula is C5H7Br2. The van der Waals surface area contributed by atoms with Crippen molar-refractivity contribution in [3.63, 3.8) is 0 Å². The van der Waals surface area contributed by atoms with Crippen LogP contribution in [0.15, 0.2) is 12.2 Å². The summed E-state index contributed by atoms with van der Waals surface area (Å²) in [6.45, 7) is 5.51. The highest BCUT2D eigenvalue weighted by atomic mass is 79.9. The van der Waals surface area contributed by atoms with E-state index < -0.39 is 0 Å². The molecule has 0 nitrogen and oxygen atoms in total. The van der Waals surface area contributed by atoms with Crippen LogP contribution < -0.4 is 0 Å². The average Bonchev–Trinajstić information content (AvgIpc) is 1.30. The first kappa shape index (κ1) is 7.70. The molecule has 0 aliphatic heterocycles. The van der Waals surface area contributed by atoms with Crippen LogP contribution in [0.25, 0.3) is 0 Å². The molecule has 0 spiro atoms. The topological polar surface area (TPSA) is 0 Å². The van der Waals surface area contributed by atoms with E-state index in [1.54, 1.807) is 6.08 Å². The van der Waals surface area contributed by atoms with Gasteiger partial charge in [-0.05, 0) is 13.8 Å². The van der Waals surface area contributed by atoms with Crippen molar-refractivity contribution in [2.45, 2.75) is 10.2 Å². The van der Waals surface area contributed by atoms with Crippen molar-refractivity contribution >= 4 is 31.9 Å². The monoisotopic (exact) mass is 225 g/mol. The number of rotatable bonds is 1. The molecule has 0 bridgehead atoms. The normalized spacial score (nSPS) is 13.1. The Morgan fingerprint density at radius 1 is 1.57 bits per heavy atom. The fourth-order valence-corrected chi connectivity index (χ4v) is 0.581. The molecule has 7 heavy (non-hydrogen) atoms. The second-order valence-electron chi connectivity index (χ2n) is 1.36. The van der Waals surface area contributed by atoms with Gasteiger partial charge in [-0.25, -0.2) is 0 Å². The van der Waals surface area contributed by atoms with Crippen LogP contribution in [0.2, 0.25) is 0 Å². The van der Waals surface area contributed by atoms with Crippen LogP contribution in [-0.4, -0.2) is 3.23 Å². The molecule has 0 aromatic carbocycles. The van der Waals surface area contributed by atoms with Gasteiger partial charge >= 0.3 is 0 Å². The van der Waals surface area contributed by atoms with E-state index in [1.807, 2.05) is 13.0 Å². The minimum Gasteiger partial charge on any atom is -0.0860 e. The predicted octanol–water partition coefficient (Wildman–Crippen LogP) is 2.88. The van der Waals surface area contributed by atoms with Crippen LogP contribution >= 0.6 is 31.9 Å². The largest absolute Gasteiger partial charge is 0.0956 e. The molecule has 0 saturated heterocycles. The number of alkyl halides is 2. The van der Waals surface area contributed by atoms with Crippen molar-refractivity contribution in [1.29, 1.82) is 0 Å². The zero-order valence-corrected chi connectivity index (χ0v) is 7.29. The first-order valence-corrected chi connectivity index (χ1v) is 3.49. The fraction of sp³-hybridized carbons (Fsp3) is 0.400. The lowest BCUT2D eigenvalue weighted by molar-refractivity contribution is 1.21. The second-order valence-corrected chi connectivity index (χ2v) is 5.72. The third kappa shape index (κ3) is 6.70. The summed E-state index contributed by atoms with van der Waals surface area (Å²) in [6, 6.07) is 0. The highest BCUT2D eigenvalue weighted by Crippen LogP contribution is 2.25. The molecule has 1 radical (unpaired) electrons. The quantitative estimate of drug-likeness (QED) is 0.604. The van der Waals surface area contributed by atoms with Crippen molar-refractivity contribution in [3.05, 3.63) is 19.1 Å². The summed E-state index contributed by atoms with van der Waals surface area (Å²) in [4.78, 5) is 0. The molecule has 41 valence electrons. The average molecular weight is 227 g/mol. The summed E-state index contributed by atoms with van der Waals surface area (Å²) in [5, 5.41) is 0.